The minimum Gasteiger partial charge on any atom is -0.348 e. The maximum atomic E-state index is 12.8. The monoisotopic (exact) mass is 482 g/mol. The van der Waals surface area contributed by atoms with Crippen molar-refractivity contribution < 1.29 is 13.2 Å². The minimum atomic E-state index is -3.21. The first-order valence-electron chi connectivity index (χ1n) is 12.8. The van der Waals surface area contributed by atoms with Crippen LogP contribution in [0, 0.1) is 11.8 Å². The summed E-state index contributed by atoms with van der Waals surface area (Å²) in [6.07, 6.45) is 6.46. The van der Waals surface area contributed by atoms with Crippen LogP contribution in [0.2, 0.25) is 0 Å². The fourth-order valence-electron chi connectivity index (χ4n) is 5.51. The van der Waals surface area contributed by atoms with Gasteiger partial charge in [0, 0.05) is 31.2 Å². The van der Waals surface area contributed by atoms with Crippen molar-refractivity contribution in [3.05, 3.63) is 64.7 Å². The zero-order chi connectivity index (χ0) is 24.3. The Balaban J connectivity index is 1.38. The van der Waals surface area contributed by atoms with Crippen LogP contribution in [0.5, 0.6) is 0 Å². The zero-order valence-corrected chi connectivity index (χ0v) is 21.5. The van der Waals surface area contributed by atoms with Crippen LogP contribution >= 0.6 is 0 Å². The molecule has 2 aliphatic rings. The number of benzene rings is 2. The Morgan fingerprint density at radius 2 is 1.74 bits per heavy atom. The Morgan fingerprint density at radius 3 is 2.38 bits per heavy atom. The summed E-state index contributed by atoms with van der Waals surface area (Å²) in [7, 11) is -3.21. The second kappa shape index (κ2) is 10.6. The summed E-state index contributed by atoms with van der Waals surface area (Å²) in [6.45, 7) is 8.72. The van der Waals surface area contributed by atoms with Crippen molar-refractivity contribution in [2.45, 2.75) is 76.9 Å². The molecule has 6 heteroatoms. The molecule has 184 valence electrons. The smallest absolute Gasteiger partial charge is 0.251 e. The van der Waals surface area contributed by atoms with E-state index in [1.165, 1.54) is 36.8 Å². The number of nitrogens with zero attached hydrogens (tertiary/aromatic N) is 1. The summed E-state index contributed by atoms with van der Waals surface area (Å²) < 4.78 is 24.0. The van der Waals surface area contributed by atoms with Crippen molar-refractivity contribution in [3.8, 4) is 0 Å². The van der Waals surface area contributed by atoms with Gasteiger partial charge in [0.1, 0.15) is 0 Å². The van der Waals surface area contributed by atoms with E-state index in [9.17, 15) is 13.2 Å². The topological polar surface area (TPSA) is 66.5 Å². The van der Waals surface area contributed by atoms with Crippen molar-refractivity contribution in [1.29, 1.82) is 0 Å². The molecule has 2 aromatic carbocycles. The van der Waals surface area contributed by atoms with Crippen LogP contribution < -0.4 is 5.32 Å². The first kappa shape index (κ1) is 24.9. The molecule has 4 rings (SSSR count). The van der Waals surface area contributed by atoms with E-state index < -0.39 is 9.84 Å². The molecule has 0 spiro atoms. The molecule has 0 saturated heterocycles. The molecule has 1 amide bonds. The molecule has 0 unspecified atom stereocenters. The Bertz CT molecular complexity index is 1100. The summed E-state index contributed by atoms with van der Waals surface area (Å²) in [5.74, 6) is 1.65. The number of nitrogens with one attached hydrogen (secondary N) is 1. The summed E-state index contributed by atoms with van der Waals surface area (Å²) in [4.78, 5) is 15.8. The first-order valence-corrected chi connectivity index (χ1v) is 14.4. The molecule has 5 nitrogen and oxygen atoms in total. The molecule has 1 heterocycles. The second-order valence-electron chi connectivity index (χ2n) is 10.1. The molecule has 0 bridgehead atoms. The zero-order valence-electron chi connectivity index (χ0n) is 20.7. The number of carbonyl (C=O) groups is 1. The lowest BCUT2D eigenvalue weighted by Gasteiger charge is -2.32. The van der Waals surface area contributed by atoms with Gasteiger partial charge in [-0.15, -0.1) is 0 Å². The number of sulfone groups is 1. The maximum Gasteiger partial charge on any atom is 0.251 e. The molecule has 1 aliphatic carbocycles. The largest absolute Gasteiger partial charge is 0.348 e. The number of carbonyl (C=O) groups excluding carboxylic acids is 1. The minimum absolute atomic E-state index is 0.0809. The van der Waals surface area contributed by atoms with Gasteiger partial charge >= 0.3 is 0 Å². The molecular formula is C28H38N2O3S. The lowest BCUT2D eigenvalue weighted by molar-refractivity contribution is 0.0950. The SMILES string of the molecule is CC[C@H]1c2ccc(C(=O)NCc3ccc(S(=O)(=O)CC)cc3)cc2CN1CC1CCC(C)CC1. The molecule has 1 saturated carbocycles. The van der Waals surface area contributed by atoms with E-state index in [-0.39, 0.29) is 11.7 Å². The van der Waals surface area contributed by atoms with E-state index in [2.05, 4.69) is 36.2 Å². The average molecular weight is 483 g/mol. The first-order chi connectivity index (χ1) is 16.3. The predicted octanol–water partition coefficient (Wildman–Crippen LogP) is 5.50. The van der Waals surface area contributed by atoms with E-state index in [1.807, 2.05) is 6.07 Å². The Labute approximate surface area is 204 Å². The lowest BCUT2D eigenvalue weighted by atomic mass is 9.82. The van der Waals surface area contributed by atoms with Crippen molar-refractivity contribution in [2.24, 2.45) is 11.8 Å². The van der Waals surface area contributed by atoms with Crippen molar-refractivity contribution in [3.63, 3.8) is 0 Å². The van der Waals surface area contributed by atoms with Crippen LogP contribution in [0.1, 0.15) is 86.0 Å². The summed E-state index contributed by atoms with van der Waals surface area (Å²) in [5, 5.41) is 2.98. The van der Waals surface area contributed by atoms with Crippen molar-refractivity contribution in [1.82, 2.24) is 10.2 Å². The quantitative estimate of drug-likeness (QED) is 0.539. The van der Waals surface area contributed by atoms with Crippen LogP contribution in [-0.4, -0.2) is 31.5 Å². The highest BCUT2D eigenvalue weighted by Crippen LogP contribution is 2.39. The van der Waals surface area contributed by atoms with Gasteiger partial charge in [0.2, 0.25) is 0 Å². The third kappa shape index (κ3) is 5.55. The normalized spacial score (nSPS) is 23.0. The molecular weight excluding hydrogens is 444 g/mol. The van der Waals surface area contributed by atoms with Crippen molar-refractivity contribution >= 4 is 15.7 Å². The highest BCUT2D eigenvalue weighted by atomic mass is 32.2. The van der Waals surface area contributed by atoms with E-state index in [4.69, 9.17) is 0 Å². The number of hydrogen-bond acceptors (Lipinski definition) is 4. The predicted molar refractivity (Wildman–Crippen MR) is 136 cm³/mol. The molecule has 0 radical (unpaired) electrons. The average Bonchev–Trinajstić information content (AvgIpc) is 3.20. The van der Waals surface area contributed by atoms with Crippen LogP contribution in [0.25, 0.3) is 0 Å². The van der Waals surface area contributed by atoms with E-state index in [0.29, 0.717) is 23.0 Å². The highest BCUT2D eigenvalue weighted by Gasteiger charge is 2.31. The van der Waals surface area contributed by atoms with Gasteiger partial charge in [0.05, 0.1) is 10.6 Å². The fourth-order valence-corrected chi connectivity index (χ4v) is 6.40. The van der Waals surface area contributed by atoms with Gasteiger partial charge < -0.3 is 5.32 Å². The number of hydrogen-bond donors (Lipinski definition) is 1. The van der Waals surface area contributed by atoms with Crippen LogP contribution in [-0.2, 0) is 22.9 Å². The van der Waals surface area contributed by atoms with E-state index >= 15 is 0 Å². The Hall–Kier alpha value is -2.18. The molecule has 1 atom stereocenters. The van der Waals surface area contributed by atoms with Crippen molar-refractivity contribution in [2.75, 3.05) is 12.3 Å². The van der Waals surface area contributed by atoms with Gasteiger partial charge in [-0.25, -0.2) is 8.42 Å². The van der Waals surface area contributed by atoms with E-state index in [1.54, 1.807) is 31.2 Å². The Kier molecular flexibility index (Phi) is 7.78. The van der Waals surface area contributed by atoms with Gasteiger partial charge in [-0.2, -0.15) is 0 Å². The summed E-state index contributed by atoms with van der Waals surface area (Å²) in [6, 6.07) is 13.4. The van der Waals surface area contributed by atoms with Gasteiger partial charge in [0.15, 0.2) is 9.84 Å². The summed E-state index contributed by atoms with van der Waals surface area (Å²) in [5.41, 5.74) is 4.21. The standard InChI is InChI=1S/C28H38N2O3S/c1-4-27-26-15-12-23(16-24(26)19-30(27)18-22-8-6-20(3)7-9-22)28(31)29-17-21-10-13-25(14-11-21)34(32,33)5-2/h10-16,20,22,27H,4-9,17-19H2,1-3H3,(H,29,31)/t20?,22?,27-/m0/s1. The van der Waals surface area contributed by atoms with Gasteiger partial charge in [-0.3, -0.25) is 9.69 Å². The van der Waals surface area contributed by atoms with Gasteiger partial charge in [-0.1, -0.05) is 51.8 Å². The molecule has 1 fully saturated rings. The highest BCUT2D eigenvalue weighted by molar-refractivity contribution is 7.91. The lowest BCUT2D eigenvalue weighted by Crippen LogP contribution is -2.30. The van der Waals surface area contributed by atoms with Gasteiger partial charge in [0.25, 0.3) is 5.91 Å². The molecule has 0 aromatic heterocycles. The summed E-state index contributed by atoms with van der Waals surface area (Å²) >= 11 is 0. The number of rotatable bonds is 8. The van der Waals surface area contributed by atoms with Crippen LogP contribution in [0.3, 0.4) is 0 Å². The van der Waals surface area contributed by atoms with Gasteiger partial charge in [-0.05, 0) is 72.1 Å². The molecule has 1 N–H and O–H groups in total. The van der Waals surface area contributed by atoms with Crippen LogP contribution in [0.15, 0.2) is 47.4 Å². The molecule has 2 aromatic rings. The maximum absolute atomic E-state index is 12.8. The Morgan fingerprint density at radius 1 is 1.03 bits per heavy atom. The van der Waals surface area contributed by atoms with Crippen LogP contribution in [0.4, 0.5) is 0 Å². The third-order valence-corrected chi connectivity index (χ3v) is 9.46. The third-order valence-electron chi connectivity index (χ3n) is 7.71. The van der Waals surface area contributed by atoms with E-state index in [0.717, 1.165) is 36.9 Å². The fraction of sp³-hybridized carbons (Fsp3) is 0.536. The second-order valence-corrected chi connectivity index (χ2v) is 12.4. The molecule has 34 heavy (non-hydrogen) atoms. The number of fused-ring (bicyclic) bond motifs is 1. The molecule has 1 aliphatic heterocycles. The number of amides is 1.